The highest BCUT2D eigenvalue weighted by molar-refractivity contribution is 5.75. The van der Waals surface area contributed by atoms with Crippen molar-refractivity contribution in [3.05, 3.63) is 24.2 Å². The number of ether oxygens (including phenoxy) is 1. The molecule has 0 aliphatic carbocycles. The first-order chi connectivity index (χ1) is 10.2. The quantitative estimate of drug-likeness (QED) is 0.843. The Labute approximate surface area is 124 Å². The maximum Gasteiger partial charge on any atom is 0.219 e. The summed E-state index contributed by atoms with van der Waals surface area (Å²) >= 11 is 0. The highest BCUT2D eigenvalue weighted by atomic mass is 16.5. The van der Waals surface area contributed by atoms with Gasteiger partial charge < -0.3 is 14.6 Å². The van der Waals surface area contributed by atoms with E-state index in [2.05, 4.69) is 26.8 Å². The molecule has 2 aromatic rings. The Morgan fingerprint density at radius 3 is 3.05 bits per heavy atom. The van der Waals surface area contributed by atoms with Gasteiger partial charge in [0.2, 0.25) is 5.91 Å². The zero-order valence-electron chi connectivity index (χ0n) is 12.8. The zero-order chi connectivity index (χ0) is 15.2. The SMILES string of the molecule is CNC(=O)CCCc1nc2cccnc2n1[C@H](C)COC. The van der Waals surface area contributed by atoms with Crippen LogP contribution in [-0.2, 0) is 16.0 Å². The van der Waals surface area contributed by atoms with E-state index in [0.717, 1.165) is 29.8 Å². The summed E-state index contributed by atoms with van der Waals surface area (Å²) in [6, 6.07) is 4.00. The van der Waals surface area contributed by atoms with Crippen molar-refractivity contribution in [1.82, 2.24) is 19.9 Å². The molecule has 0 spiro atoms. The lowest BCUT2D eigenvalue weighted by molar-refractivity contribution is -0.120. The number of fused-ring (bicyclic) bond motifs is 1. The van der Waals surface area contributed by atoms with Crippen LogP contribution >= 0.6 is 0 Å². The number of methoxy groups -OCH3 is 1. The van der Waals surface area contributed by atoms with Crippen molar-refractivity contribution in [1.29, 1.82) is 0 Å². The van der Waals surface area contributed by atoms with Gasteiger partial charge in [0, 0.05) is 33.2 Å². The molecule has 2 heterocycles. The van der Waals surface area contributed by atoms with Gasteiger partial charge in [0.1, 0.15) is 11.3 Å². The smallest absolute Gasteiger partial charge is 0.219 e. The topological polar surface area (TPSA) is 69.0 Å². The summed E-state index contributed by atoms with van der Waals surface area (Å²) in [6.07, 6.45) is 3.79. The fourth-order valence-electron chi connectivity index (χ4n) is 2.46. The summed E-state index contributed by atoms with van der Waals surface area (Å²) in [5.41, 5.74) is 1.76. The van der Waals surface area contributed by atoms with Gasteiger partial charge in [-0.05, 0) is 25.5 Å². The number of nitrogens with zero attached hydrogens (tertiary/aromatic N) is 3. The predicted molar refractivity (Wildman–Crippen MR) is 81.1 cm³/mol. The van der Waals surface area contributed by atoms with Crippen LogP contribution in [0.1, 0.15) is 31.6 Å². The van der Waals surface area contributed by atoms with Crippen molar-refractivity contribution in [3.8, 4) is 0 Å². The summed E-state index contributed by atoms with van der Waals surface area (Å²) < 4.78 is 7.36. The summed E-state index contributed by atoms with van der Waals surface area (Å²) in [5, 5.41) is 2.64. The number of amides is 1. The molecule has 2 aromatic heterocycles. The van der Waals surface area contributed by atoms with Gasteiger partial charge in [-0.15, -0.1) is 0 Å². The minimum Gasteiger partial charge on any atom is -0.383 e. The third-order valence-corrected chi connectivity index (χ3v) is 3.45. The van der Waals surface area contributed by atoms with Gasteiger partial charge in [-0.2, -0.15) is 0 Å². The average Bonchev–Trinajstić information content (AvgIpc) is 2.85. The third kappa shape index (κ3) is 3.58. The molecule has 0 saturated heterocycles. The number of pyridine rings is 1. The first kappa shape index (κ1) is 15.4. The van der Waals surface area contributed by atoms with Gasteiger partial charge >= 0.3 is 0 Å². The molecule has 0 aliphatic rings. The zero-order valence-corrected chi connectivity index (χ0v) is 12.8. The summed E-state index contributed by atoms with van der Waals surface area (Å²) in [4.78, 5) is 20.4. The van der Waals surface area contributed by atoms with Crippen LogP contribution in [0.25, 0.3) is 11.2 Å². The molecule has 1 amide bonds. The van der Waals surface area contributed by atoms with E-state index in [1.807, 2.05) is 12.1 Å². The number of carbonyl (C=O) groups is 1. The number of hydrogen-bond acceptors (Lipinski definition) is 4. The Morgan fingerprint density at radius 2 is 2.33 bits per heavy atom. The summed E-state index contributed by atoms with van der Waals surface area (Å²) in [5.74, 6) is 1.01. The summed E-state index contributed by atoms with van der Waals surface area (Å²) in [6.45, 7) is 2.69. The fourth-order valence-corrected chi connectivity index (χ4v) is 2.46. The highest BCUT2D eigenvalue weighted by Crippen LogP contribution is 2.20. The van der Waals surface area contributed by atoms with E-state index in [9.17, 15) is 4.79 Å². The molecule has 0 saturated carbocycles. The Kier molecular flexibility index (Phi) is 5.27. The van der Waals surface area contributed by atoms with Crippen molar-refractivity contribution < 1.29 is 9.53 Å². The van der Waals surface area contributed by atoms with Crippen LogP contribution in [0.4, 0.5) is 0 Å². The van der Waals surface area contributed by atoms with Crippen LogP contribution < -0.4 is 5.32 Å². The van der Waals surface area contributed by atoms with Gasteiger partial charge in [0.05, 0.1) is 12.6 Å². The van der Waals surface area contributed by atoms with E-state index in [1.54, 1.807) is 20.4 Å². The maximum atomic E-state index is 11.3. The van der Waals surface area contributed by atoms with E-state index < -0.39 is 0 Å². The highest BCUT2D eigenvalue weighted by Gasteiger charge is 2.16. The van der Waals surface area contributed by atoms with Gasteiger partial charge in [0.15, 0.2) is 5.65 Å². The van der Waals surface area contributed by atoms with Crippen molar-refractivity contribution in [2.45, 2.75) is 32.2 Å². The van der Waals surface area contributed by atoms with Crippen molar-refractivity contribution in [3.63, 3.8) is 0 Å². The number of nitrogens with one attached hydrogen (secondary N) is 1. The molecule has 6 heteroatoms. The Bertz CT molecular complexity index is 609. The molecule has 6 nitrogen and oxygen atoms in total. The molecule has 2 rings (SSSR count). The average molecular weight is 290 g/mol. The molecule has 0 aromatic carbocycles. The monoisotopic (exact) mass is 290 g/mol. The van der Waals surface area contributed by atoms with Crippen LogP contribution in [0, 0.1) is 0 Å². The number of hydrogen-bond donors (Lipinski definition) is 1. The van der Waals surface area contributed by atoms with Crippen molar-refractivity contribution in [2.75, 3.05) is 20.8 Å². The Hall–Kier alpha value is -1.95. The lowest BCUT2D eigenvalue weighted by atomic mass is 10.2. The van der Waals surface area contributed by atoms with E-state index >= 15 is 0 Å². The van der Waals surface area contributed by atoms with Crippen molar-refractivity contribution in [2.24, 2.45) is 0 Å². The normalized spacial score (nSPS) is 12.5. The molecule has 0 fully saturated rings. The number of aryl methyl sites for hydroxylation is 1. The molecular weight excluding hydrogens is 268 g/mol. The molecule has 0 bridgehead atoms. The molecular formula is C15H22N4O2. The largest absolute Gasteiger partial charge is 0.383 e. The molecule has 0 aliphatic heterocycles. The molecule has 1 N–H and O–H groups in total. The standard InChI is InChI=1S/C15H22N4O2/c1-11(10-21-3)19-13(7-4-8-14(20)16-2)18-12-6-5-9-17-15(12)19/h5-6,9,11H,4,7-8,10H2,1-3H3,(H,16,20)/t11-/m1/s1. The lowest BCUT2D eigenvalue weighted by Crippen LogP contribution is -2.18. The van der Waals surface area contributed by atoms with Gasteiger partial charge in [-0.3, -0.25) is 4.79 Å². The fraction of sp³-hybridized carbons (Fsp3) is 0.533. The molecule has 0 radical (unpaired) electrons. The van der Waals surface area contributed by atoms with E-state index in [-0.39, 0.29) is 11.9 Å². The number of imidazole rings is 1. The third-order valence-electron chi connectivity index (χ3n) is 3.45. The molecule has 1 atom stereocenters. The van der Waals surface area contributed by atoms with Gasteiger partial charge in [0.25, 0.3) is 0 Å². The second-order valence-corrected chi connectivity index (χ2v) is 5.08. The predicted octanol–water partition coefficient (Wildman–Crippen LogP) is 1.71. The summed E-state index contributed by atoms with van der Waals surface area (Å²) in [7, 11) is 3.34. The van der Waals surface area contributed by atoms with Crippen molar-refractivity contribution >= 4 is 17.1 Å². The molecule has 114 valence electrons. The number of rotatable bonds is 7. The van der Waals surface area contributed by atoms with Crippen LogP contribution in [0.5, 0.6) is 0 Å². The molecule has 0 unspecified atom stereocenters. The second-order valence-electron chi connectivity index (χ2n) is 5.08. The number of carbonyl (C=O) groups excluding carboxylic acids is 1. The van der Waals surface area contributed by atoms with Crippen LogP contribution in [0.3, 0.4) is 0 Å². The van der Waals surface area contributed by atoms with Crippen LogP contribution in [-0.4, -0.2) is 41.2 Å². The van der Waals surface area contributed by atoms with E-state index in [4.69, 9.17) is 4.74 Å². The van der Waals surface area contributed by atoms with Gasteiger partial charge in [-0.1, -0.05) is 0 Å². The minimum absolute atomic E-state index is 0.0562. The van der Waals surface area contributed by atoms with Crippen LogP contribution in [0.15, 0.2) is 18.3 Å². The van der Waals surface area contributed by atoms with Crippen LogP contribution in [0.2, 0.25) is 0 Å². The Balaban J connectivity index is 2.24. The first-order valence-corrected chi connectivity index (χ1v) is 7.18. The molecule has 21 heavy (non-hydrogen) atoms. The van der Waals surface area contributed by atoms with Gasteiger partial charge in [-0.25, -0.2) is 9.97 Å². The maximum absolute atomic E-state index is 11.3. The minimum atomic E-state index is 0.0562. The lowest BCUT2D eigenvalue weighted by Gasteiger charge is -2.16. The number of aromatic nitrogens is 3. The Morgan fingerprint density at radius 1 is 1.52 bits per heavy atom. The van der Waals surface area contributed by atoms with E-state index in [1.165, 1.54) is 0 Å². The van der Waals surface area contributed by atoms with E-state index in [0.29, 0.717) is 13.0 Å². The first-order valence-electron chi connectivity index (χ1n) is 7.18. The second kappa shape index (κ2) is 7.17.